The van der Waals surface area contributed by atoms with E-state index >= 15 is 0 Å². The van der Waals surface area contributed by atoms with Crippen molar-refractivity contribution in [1.29, 1.82) is 0 Å². The number of aromatic nitrogens is 2. The van der Waals surface area contributed by atoms with E-state index in [9.17, 15) is 9.59 Å². The van der Waals surface area contributed by atoms with Crippen molar-refractivity contribution in [3.63, 3.8) is 0 Å². The van der Waals surface area contributed by atoms with E-state index in [-0.39, 0.29) is 23.7 Å². The number of carbonyl (C=O) groups is 2. The van der Waals surface area contributed by atoms with Gasteiger partial charge in [0, 0.05) is 31.4 Å². The van der Waals surface area contributed by atoms with Gasteiger partial charge < -0.3 is 14.0 Å². The highest BCUT2D eigenvalue weighted by molar-refractivity contribution is 5.82. The number of rotatable bonds is 2. The minimum absolute atomic E-state index is 0.0468. The lowest BCUT2D eigenvalue weighted by atomic mass is 10.0. The summed E-state index contributed by atoms with van der Waals surface area (Å²) in [6, 6.07) is 3.95. The highest BCUT2D eigenvalue weighted by Crippen LogP contribution is 2.30. The van der Waals surface area contributed by atoms with E-state index in [2.05, 4.69) is 4.98 Å². The second-order valence-corrected chi connectivity index (χ2v) is 6.11. The van der Waals surface area contributed by atoms with Gasteiger partial charge >= 0.3 is 5.97 Å². The third-order valence-electron chi connectivity index (χ3n) is 4.68. The Balaban J connectivity index is 1.52. The summed E-state index contributed by atoms with van der Waals surface area (Å²) in [6.07, 6.45) is 3.98. The number of cyclic esters (lactones) is 1. The van der Waals surface area contributed by atoms with Gasteiger partial charge in [0.2, 0.25) is 5.91 Å². The number of amides is 1. The molecule has 2 saturated heterocycles. The topological polar surface area (TPSA) is 63.9 Å². The molecule has 4 rings (SSSR count). The second kappa shape index (κ2) is 4.83. The van der Waals surface area contributed by atoms with Crippen molar-refractivity contribution in [2.45, 2.75) is 13.3 Å². The molecule has 114 valence electrons. The van der Waals surface area contributed by atoms with Crippen molar-refractivity contribution in [2.75, 3.05) is 19.7 Å². The summed E-state index contributed by atoms with van der Waals surface area (Å²) in [5, 5.41) is 0. The number of carbonyl (C=O) groups excluding carboxylic acids is 2. The van der Waals surface area contributed by atoms with Crippen LogP contribution in [0.25, 0.3) is 5.65 Å². The molecule has 2 aliphatic heterocycles. The lowest BCUT2D eigenvalue weighted by Crippen LogP contribution is -2.32. The van der Waals surface area contributed by atoms with Crippen LogP contribution in [0.4, 0.5) is 0 Å². The van der Waals surface area contributed by atoms with Gasteiger partial charge in [-0.25, -0.2) is 4.98 Å². The number of imidazole rings is 1. The summed E-state index contributed by atoms with van der Waals surface area (Å²) in [5.74, 6) is -0.0782. The monoisotopic (exact) mass is 299 g/mol. The number of fused-ring (bicyclic) bond motifs is 2. The SMILES string of the molecule is Cc1cccn2c(CC(=O)N3C[C@@H]4COC(=O)[C@@H]4C3)cnc12. The standard InChI is InChI=1S/C16H17N3O3/c1-10-3-2-4-19-12(6-17-15(10)19)5-14(20)18-7-11-9-22-16(21)13(11)8-18/h2-4,6,11,13H,5,7-9H2,1H3/t11-,13-/m1/s1. The fraction of sp³-hybridized carbons (Fsp3) is 0.438. The number of nitrogens with zero attached hydrogens (tertiary/aromatic N) is 3. The third-order valence-corrected chi connectivity index (χ3v) is 4.68. The first-order valence-corrected chi connectivity index (χ1v) is 7.49. The predicted octanol–water partition coefficient (Wildman–Crippen LogP) is 0.817. The third kappa shape index (κ3) is 1.98. The average Bonchev–Trinajstić information content (AvgIpc) is 3.17. The van der Waals surface area contributed by atoms with E-state index < -0.39 is 0 Å². The first-order valence-electron chi connectivity index (χ1n) is 7.49. The zero-order valence-electron chi connectivity index (χ0n) is 12.4. The van der Waals surface area contributed by atoms with Crippen molar-refractivity contribution >= 4 is 17.5 Å². The molecule has 2 aromatic rings. The molecule has 0 N–H and O–H groups in total. The van der Waals surface area contributed by atoms with Crippen molar-refractivity contribution in [1.82, 2.24) is 14.3 Å². The zero-order valence-corrected chi connectivity index (χ0v) is 12.4. The molecule has 6 heteroatoms. The van der Waals surface area contributed by atoms with Crippen LogP contribution in [0, 0.1) is 18.8 Å². The van der Waals surface area contributed by atoms with Gasteiger partial charge in [0.25, 0.3) is 0 Å². The Kier molecular flexibility index (Phi) is 2.92. The first-order chi connectivity index (χ1) is 10.6. The number of hydrogen-bond acceptors (Lipinski definition) is 4. The summed E-state index contributed by atoms with van der Waals surface area (Å²) in [4.78, 5) is 30.3. The first kappa shape index (κ1) is 13.3. The summed E-state index contributed by atoms with van der Waals surface area (Å²) >= 11 is 0. The molecule has 0 bridgehead atoms. The van der Waals surface area contributed by atoms with Gasteiger partial charge in [-0.15, -0.1) is 0 Å². The highest BCUT2D eigenvalue weighted by atomic mass is 16.5. The van der Waals surface area contributed by atoms with E-state index in [1.807, 2.05) is 29.7 Å². The van der Waals surface area contributed by atoms with Gasteiger partial charge in [-0.1, -0.05) is 6.07 Å². The number of hydrogen-bond donors (Lipinski definition) is 0. The van der Waals surface area contributed by atoms with Crippen molar-refractivity contribution in [3.05, 3.63) is 35.8 Å². The molecule has 2 aliphatic rings. The molecule has 1 amide bonds. The van der Waals surface area contributed by atoms with Gasteiger partial charge in [0.05, 0.1) is 24.6 Å². The van der Waals surface area contributed by atoms with E-state index in [0.717, 1.165) is 16.9 Å². The zero-order chi connectivity index (χ0) is 15.3. The number of ether oxygens (including phenoxy) is 1. The molecule has 0 spiro atoms. The number of esters is 1. The maximum absolute atomic E-state index is 12.5. The van der Waals surface area contributed by atoms with E-state index in [4.69, 9.17) is 4.74 Å². The summed E-state index contributed by atoms with van der Waals surface area (Å²) in [6.45, 7) is 3.55. The largest absolute Gasteiger partial charge is 0.465 e. The molecule has 2 fully saturated rings. The van der Waals surface area contributed by atoms with Crippen LogP contribution in [0.1, 0.15) is 11.3 Å². The lowest BCUT2D eigenvalue weighted by molar-refractivity contribution is -0.142. The number of pyridine rings is 1. The summed E-state index contributed by atoms with van der Waals surface area (Å²) in [7, 11) is 0. The quantitative estimate of drug-likeness (QED) is 0.770. The van der Waals surface area contributed by atoms with Gasteiger partial charge in [0.15, 0.2) is 0 Å². The van der Waals surface area contributed by atoms with Crippen LogP contribution < -0.4 is 0 Å². The van der Waals surface area contributed by atoms with Crippen molar-refractivity contribution < 1.29 is 14.3 Å². The molecule has 4 heterocycles. The molecule has 0 unspecified atom stereocenters. The molecule has 22 heavy (non-hydrogen) atoms. The Morgan fingerprint density at radius 2 is 2.32 bits per heavy atom. The molecule has 0 saturated carbocycles. The van der Waals surface area contributed by atoms with Crippen molar-refractivity contribution in [3.8, 4) is 0 Å². The fourth-order valence-corrected chi connectivity index (χ4v) is 3.41. The molecule has 0 radical (unpaired) electrons. The van der Waals surface area contributed by atoms with E-state index in [0.29, 0.717) is 26.1 Å². The molecule has 0 aliphatic carbocycles. The highest BCUT2D eigenvalue weighted by Gasteiger charge is 2.45. The minimum Gasteiger partial charge on any atom is -0.465 e. The fourth-order valence-electron chi connectivity index (χ4n) is 3.41. The van der Waals surface area contributed by atoms with Crippen LogP contribution in [-0.4, -0.2) is 45.9 Å². The lowest BCUT2D eigenvalue weighted by Gasteiger charge is -2.17. The Labute approximate surface area is 127 Å². The van der Waals surface area contributed by atoms with Crippen LogP contribution in [0.2, 0.25) is 0 Å². The molecule has 0 aromatic carbocycles. The van der Waals surface area contributed by atoms with Crippen molar-refractivity contribution in [2.24, 2.45) is 11.8 Å². The number of likely N-dealkylation sites (tertiary alicyclic amines) is 1. The van der Waals surface area contributed by atoms with Gasteiger partial charge in [-0.05, 0) is 18.6 Å². The van der Waals surface area contributed by atoms with E-state index in [1.165, 1.54) is 0 Å². The van der Waals surface area contributed by atoms with Crippen LogP contribution in [0.5, 0.6) is 0 Å². The Morgan fingerprint density at radius 3 is 3.14 bits per heavy atom. The molecular weight excluding hydrogens is 282 g/mol. The summed E-state index contributed by atoms with van der Waals surface area (Å²) < 4.78 is 6.99. The predicted molar refractivity (Wildman–Crippen MR) is 78.2 cm³/mol. The number of aryl methyl sites for hydroxylation is 1. The second-order valence-electron chi connectivity index (χ2n) is 6.11. The van der Waals surface area contributed by atoms with Crippen LogP contribution >= 0.6 is 0 Å². The van der Waals surface area contributed by atoms with E-state index in [1.54, 1.807) is 11.1 Å². The van der Waals surface area contributed by atoms with Crippen LogP contribution in [0.3, 0.4) is 0 Å². The molecule has 6 nitrogen and oxygen atoms in total. The van der Waals surface area contributed by atoms with Gasteiger partial charge in [0.1, 0.15) is 5.65 Å². The Morgan fingerprint density at radius 1 is 1.45 bits per heavy atom. The summed E-state index contributed by atoms with van der Waals surface area (Å²) in [5.41, 5.74) is 2.84. The Bertz CT molecular complexity index is 767. The van der Waals surface area contributed by atoms with Crippen LogP contribution in [0.15, 0.2) is 24.5 Å². The van der Waals surface area contributed by atoms with Gasteiger partial charge in [-0.3, -0.25) is 9.59 Å². The average molecular weight is 299 g/mol. The van der Waals surface area contributed by atoms with Crippen LogP contribution in [-0.2, 0) is 20.7 Å². The Hall–Kier alpha value is -2.37. The molecular formula is C16H17N3O3. The normalized spacial score (nSPS) is 23.9. The maximum Gasteiger partial charge on any atom is 0.311 e. The molecule has 2 atom stereocenters. The minimum atomic E-state index is -0.161. The maximum atomic E-state index is 12.5. The van der Waals surface area contributed by atoms with Gasteiger partial charge in [-0.2, -0.15) is 0 Å². The molecule has 2 aromatic heterocycles. The smallest absolute Gasteiger partial charge is 0.311 e.